The molecular weight excluding hydrogens is 568 g/mol. The lowest BCUT2D eigenvalue weighted by Gasteiger charge is -2.17. The fourth-order valence-corrected chi connectivity index (χ4v) is 5.20. The summed E-state index contributed by atoms with van der Waals surface area (Å²) < 4.78 is 5.87. The average molecular weight is 639 g/mol. The van der Waals surface area contributed by atoms with Crippen LogP contribution in [0.15, 0.2) is 72.9 Å². The second-order valence-corrected chi connectivity index (χ2v) is 12.4. The van der Waals surface area contributed by atoms with Gasteiger partial charge in [0.05, 0.1) is 0 Å². The zero-order valence-corrected chi connectivity index (χ0v) is 29.9. The number of aliphatic carboxylic acids is 1. The normalized spacial score (nSPS) is 13.1. The van der Waals surface area contributed by atoms with Gasteiger partial charge in [0, 0.05) is 12.8 Å². The minimum absolute atomic E-state index is 0.0532. The maximum Gasteiger partial charge on any atom is 0.306 e. The highest BCUT2D eigenvalue weighted by Crippen LogP contribution is 2.17. The lowest BCUT2D eigenvalue weighted by Crippen LogP contribution is -2.18. The Balaban J connectivity index is 3.83. The predicted molar refractivity (Wildman–Crippen MR) is 199 cm³/mol. The summed E-state index contributed by atoms with van der Waals surface area (Å²) in [5.41, 5.74) is 0. The molecule has 0 spiro atoms. The molecule has 0 radical (unpaired) electrons. The molecule has 1 N–H and O–H groups in total. The number of carboxylic acid groups (broad SMARTS) is 1. The van der Waals surface area contributed by atoms with Crippen molar-refractivity contribution >= 4 is 11.9 Å². The van der Waals surface area contributed by atoms with Crippen LogP contribution < -0.4 is 0 Å². The molecule has 0 saturated heterocycles. The molecule has 4 nitrogen and oxygen atoms in total. The van der Waals surface area contributed by atoms with Crippen molar-refractivity contribution in [2.24, 2.45) is 0 Å². The molecule has 1 unspecified atom stereocenters. The van der Waals surface area contributed by atoms with Crippen LogP contribution in [0.4, 0.5) is 0 Å². The van der Waals surface area contributed by atoms with Gasteiger partial charge in [-0.25, -0.2) is 0 Å². The zero-order valence-electron chi connectivity index (χ0n) is 29.9. The number of esters is 1. The molecule has 0 aromatic rings. The number of allylic oxidation sites excluding steroid dienone is 12. The first-order valence-electron chi connectivity index (χ1n) is 18.9. The number of ether oxygens (including phenoxy) is 1. The molecule has 1 atom stereocenters. The summed E-state index contributed by atoms with van der Waals surface area (Å²) in [5, 5.41) is 8.67. The van der Waals surface area contributed by atoms with Crippen molar-refractivity contribution in [1.82, 2.24) is 0 Å². The molecular formula is C42H70O4. The Kier molecular flexibility index (Phi) is 34.7. The first kappa shape index (κ1) is 43.4. The summed E-state index contributed by atoms with van der Waals surface area (Å²) in [4.78, 5) is 23.0. The predicted octanol–water partition coefficient (Wildman–Crippen LogP) is 13.1. The molecule has 0 aliphatic rings. The van der Waals surface area contributed by atoms with Gasteiger partial charge in [-0.2, -0.15) is 0 Å². The monoisotopic (exact) mass is 639 g/mol. The third kappa shape index (κ3) is 35.9. The van der Waals surface area contributed by atoms with Crippen LogP contribution in [0.1, 0.15) is 174 Å². The zero-order chi connectivity index (χ0) is 33.6. The molecule has 0 aliphatic heterocycles. The summed E-state index contributed by atoms with van der Waals surface area (Å²) in [6.07, 6.45) is 52.5. The van der Waals surface area contributed by atoms with Gasteiger partial charge in [0.15, 0.2) is 0 Å². The first-order valence-corrected chi connectivity index (χ1v) is 18.9. The van der Waals surface area contributed by atoms with Crippen molar-refractivity contribution in [3.05, 3.63) is 72.9 Å². The highest BCUT2D eigenvalue weighted by molar-refractivity contribution is 5.69. The Bertz CT molecular complexity index is 861. The van der Waals surface area contributed by atoms with Gasteiger partial charge in [-0.1, -0.05) is 164 Å². The van der Waals surface area contributed by atoms with Gasteiger partial charge >= 0.3 is 11.9 Å². The van der Waals surface area contributed by atoms with Gasteiger partial charge < -0.3 is 9.84 Å². The third-order valence-electron chi connectivity index (χ3n) is 7.96. The molecule has 0 aromatic heterocycles. The van der Waals surface area contributed by atoms with Gasteiger partial charge in [0.1, 0.15) is 6.10 Å². The Labute approximate surface area is 284 Å². The Morgan fingerprint density at radius 1 is 0.500 bits per heavy atom. The largest absolute Gasteiger partial charge is 0.481 e. The summed E-state index contributed by atoms with van der Waals surface area (Å²) in [5.74, 6) is -0.729. The average Bonchev–Trinajstić information content (AvgIpc) is 3.04. The van der Waals surface area contributed by atoms with Gasteiger partial charge in [0.25, 0.3) is 0 Å². The van der Waals surface area contributed by atoms with Crippen LogP contribution in [0.2, 0.25) is 0 Å². The van der Waals surface area contributed by atoms with Gasteiger partial charge in [-0.15, -0.1) is 0 Å². The van der Waals surface area contributed by atoms with E-state index in [1.807, 2.05) is 0 Å². The van der Waals surface area contributed by atoms with Gasteiger partial charge in [-0.3, -0.25) is 9.59 Å². The smallest absolute Gasteiger partial charge is 0.306 e. The third-order valence-corrected chi connectivity index (χ3v) is 7.96. The van der Waals surface area contributed by atoms with Crippen molar-refractivity contribution < 1.29 is 19.4 Å². The van der Waals surface area contributed by atoms with E-state index in [4.69, 9.17) is 9.84 Å². The summed E-state index contributed by atoms with van der Waals surface area (Å²) >= 11 is 0. The van der Waals surface area contributed by atoms with Crippen LogP contribution in [-0.2, 0) is 14.3 Å². The lowest BCUT2D eigenvalue weighted by molar-refractivity contribution is -0.149. The maximum absolute atomic E-state index is 12.4. The van der Waals surface area contributed by atoms with Crippen LogP contribution in [0.25, 0.3) is 0 Å². The van der Waals surface area contributed by atoms with E-state index < -0.39 is 5.97 Å². The van der Waals surface area contributed by atoms with E-state index in [1.54, 1.807) is 0 Å². The molecule has 262 valence electrons. The van der Waals surface area contributed by atoms with Gasteiger partial charge in [-0.05, 0) is 70.6 Å². The minimum Gasteiger partial charge on any atom is -0.481 e. The highest BCUT2D eigenvalue weighted by atomic mass is 16.5. The van der Waals surface area contributed by atoms with E-state index in [1.165, 1.54) is 57.8 Å². The van der Waals surface area contributed by atoms with Crippen molar-refractivity contribution in [3.8, 4) is 0 Å². The van der Waals surface area contributed by atoms with Gasteiger partial charge in [0.2, 0.25) is 0 Å². The number of carboxylic acids is 1. The Morgan fingerprint density at radius 2 is 0.891 bits per heavy atom. The highest BCUT2D eigenvalue weighted by Gasteiger charge is 2.13. The second kappa shape index (κ2) is 36.8. The Hall–Kier alpha value is -2.62. The number of rotatable bonds is 33. The van der Waals surface area contributed by atoms with Crippen LogP contribution in [0, 0.1) is 0 Å². The van der Waals surface area contributed by atoms with Crippen molar-refractivity contribution in [1.29, 1.82) is 0 Å². The van der Waals surface area contributed by atoms with E-state index in [0.717, 1.165) is 89.9 Å². The first-order chi connectivity index (χ1) is 22.6. The fourth-order valence-electron chi connectivity index (χ4n) is 5.20. The molecule has 0 fully saturated rings. The number of unbranched alkanes of at least 4 members (excludes halogenated alkanes) is 12. The number of hydrogen-bond acceptors (Lipinski definition) is 3. The minimum atomic E-state index is -0.676. The lowest BCUT2D eigenvalue weighted by atomic mass is 10.0. The summed E-state index contributed by atoms with van der Waals surface area (Å²) in [6.45, 7) is 4.35. The molecule has 0 aliphatic carbocycles. The van der Waals surface area contributed by atoms with Crippen LogP contribution in [-0.4, -0.2) is 23.1 Å². The van der Waals surface area contributed by atoms with Crippen LogP contribution >= 0.6 is 0 Å². The van der Waals surface area contributed by atoms with Crippen LogP contribution in [0.3, 0.4) is 0 Å². The van der Waals surface area contributed by atoms with Crippen molar-refractivity contribution in [3.63, 3.8) is 0 Å². The SMILES string of the molecule is CC/C=C\C/C=C\C/C=C\C/C=C\C/C=C\C/C=C\CCC(=O)OC(CCCC)CCCCCCCCCCCCCCC(=O)O. The topological polar surface area (TPSA) is 63.6 Å². The Morgan fingerprint density at radius 3 is 1.33 bits per heavy atom. The van der Waals surface area contributed by atoms with E-state index >= 15 is 0 Å². The fraction of sp³-hybridized carbons (Fsp3) is 0.667. The quantitative estimate of drug-likeness (QED) is 0.0441. The molecule has 0 rings (SSSR count). The van der Waals surface area contributed by atoms with E-state index in [-0.39, 0.29) is 12.1 Å². The van der Waals surface area contributed by atoms with Crippen molar-refractivity contribution in [2.45, 2.75) is 180 Å². The van der Waals surface area contributed by atoms with E-state index in [0.29, 0.717) is 12.8 Å². The van der Waals surface area contributed by atoms with E-state index in [9.17, 15) is 9.59 Å². The van der Waals surface area contributed by atoms with Crippen molar-refractivity contribution in [2.75, 3.05) is 0 Å². The molecule has 0 heterocycles. The molecule has 0 aromatic carbocycles. The molecule has 0 amide bonds. The second-order valence-electron chi connectivity index (χ2n) is 12.4. The molecule has 0 bridgehead atoms. The number of carbonyl (C=O) groups is 2. The number of carbonyl (C=O) groups excluding carboxylic acids is 1. The molecule has 4 heteroatoms. The molecule has 46 heavy (non-hydrogen) atoms. The molecule has 0 saturated carbocycles. The van der Waals surface area contributed by atoms with Crippen LogP contribution in [0.5, 0.6) is 0 Å². The summed E-state index contributed by atoms with van der Waals surface area (Å²) in [7, 11) is 0. The maximum atomic E-state index is 12.4. The summed E-state index contributed by atoms with van der Waals surface area (Å²) in [6, 6.07) is 0. The standard InChI is InChI=1S/C42H70O4/c1-3-5-7-8-9-10-11-12-13-14-15-16-17-18-23-26-29-32-35-39-42(45)46-40(36-6-4-2)37-33-30-27-24-21-19-20-22-25-28-31-34-38-41(43)44/h5,7,9-10,12-13,15-16,18,23,29,32,40H,3-4,6,8,11,14,17,19-22,24-28,30-31,33-39H2,1-2H3,(H,43,44)/b7-5-,10-9-,13-12-,16-15-,23-18-,32-29-. The number of hydrogen-bond donors (Lipinski definition) is 1. The van der Waals surface area contributed by atoms with E-state index in [2.05, 4.69) is 86.8 Å².